The summed E-state index contributed by atoms with van der Waals surface area (Å²) in [5, 5.41) is 7.87. The van der Waals surface area contributed by atoms with Crippen molar-refractivity contribution in [1.82, 2.24) is 15.5 Å². The first-order valence-corrected chi connectivity index (χ1v) is 10.9. The fourth-order valence-corrected chi connectivity index (χ4v) is 4.20. The maximum Gasteiger partial charge on any atom is 0.326 e. The topological polar surface area (TPSA) is 71.3 Å². The van der Waals surface area contributed by atoms with Gasteiger partial charge in [0.25, 0.3) is 5.89 Å². The Balaban J connectivity index is 1.66. The number of anilines is 1. The first kappa shape index (κ1) is 21.0. The normalized spacial score (nSPS) is 16.2. The second-order valence-electron chi connectivity index (χ2n) is 7.90. The number of hydrogen-bond acceptors (Lipinski definition) is 4. The van der Waals surface area contributed by atoms with Crippen LogP contribution in [-0.4, -0.2) is 16.2 Å². The zero-order valence-corrected chi connectivity index (χ0v) is 18.9. The monoisotopic (exact) mass is 456 g/mol. The molecule has 2 amide bonds. The Morgan fingerprint density at radius 1 is 0.970 bits per heavy atom. The highest BCUT2D eigenvalue weighted by molar-refractivity contribution is 6.30. The van der Waals surface area contributed by atoms with E-state index >= 15 is 0 Å². The highest BCUT2D eigenvalue weighted by Gasteiger charge is 2.36. The average Bonchev–Trinajstić information content (AvgIpc) is 3.30. The number of urea groups is 1. The molecule has 6 nitrogen and oxygen atoms in total. The minimum atomic E-state index is -0.498. The molecule has 1 aliphatic rings. The molecule has 2 heterocycles. The van der Waals surface area contributed by atoms with Crippen molar-refractivity contribution in [1.29, 1.82) is 0 Å². The summed E-state index contributed by atoms with van der Waals surface area (Å²) in [6.07, 6.45) is 0. The molecule has 7 heteroatoms. The molecule has 5 rings (SSSR count). The Hall–Kier alpha value is -3.90. The Morgan fingerprint density at radius 3 is 2.45 bits per heavy atom. The fourth-order valence-electron chi connectivity index (χ4n) is 4.00. The summed E-state index contributed by atoms with van der Waals surface area (Å²) >= 11 is 6.26. The average molecular weight is 457 g/mol. The predicted molar refractivity (Wildman–Crippen MR) is 129 cm³/mol. The van der Waals surface area contributed by atoms with Gasteiger partial charge >= 0.3 is 6.03 Å². The van der Waals surface area contributed by atoms with Gasteiger partial charge < -0.3 is 9.84 Å². The van der Waals surface area contributed by atoms with E-state index in [0.717, 1.165) is 22.4 Å². The maximum atomic E-state index is 13.2. The van der Waals surface area contributed by atoms with Crippen molar-refractivity contribution >= 4 is 28.9 Å². The quantitative estimate of drug-likeness (QED) is 0.385. The largest absolute Gasteiger partial charge is 0.334 e. The van der Waals surface area contributed by atoms with Gasteiger partial charge in [0.2, 0.25) is 5.82 Å². The number of carbonyl (C=O) groups is 1. The predicted octanol–water partition coefficient (Wildman–Crippen LogP) is 6.40. The van der Waals surface area contributed by atoms with Crippen molar-refractivity contribution in [3.05, 3.63) is 107 Å². The highest BCUT2D eigenvalue weighted by atomic mass is 35.5. The number of nitrogens with zero attached hydrogens (tertiary/aromatic N) is 3. The SMILES string of the molecule is CC1=C(c2nc(-c3ccccc3)no2)C(c2cccc(Cl)c2)NC(=O)N1c1ccc(C)cc1. The standard InChI is InChI=1S/C26H21ClN4O2/c1-16-11-13-21(14-12-16)31-17(2)22(23(28-26(31)32)19-9-6-10-20(27)15-19)25-29-24(30-33-25)18-7-4-3-5-8-18/h3-15,23H,1-2H3,(H,28,32). The van der Waals surface area contributed by atoms with Crippen molar-refractivity contribution in [3.63, 3.8) is 0 Å². The van der Waals surface area contributed by atoms with E-state index in [1.54, 1.807) is 11.0 Å². The number of amides is 2. The Bertz CT molecular complexity index is 1350. The maximum absolute atomic E-state index is 13.2. The number of aryl methyl sites for hydroxylation is 1. The molecule has 0 saturated carbocycles. The first-order chi connectivity index (χ1) is 16.0. The lowest BCUT2D eigenvalue weighted by Crippen LogP contribution is -2.46. The fraction of sp³-hybridized carbons (Fsp3) is 0.115. The third kappa shape index (κ3) is 4.01. The second-order valence-corrected chi connectivity index (χ2v) is 8.33. The van der Waals surface area contributed by atoms with Crippen LogP contribution in [0.15, 0.2) is 89.1 Å². The molecule has 164 valence electrons. The summed E-state index contributed by atoms with van der Waals surface area (Å²) in [6, 6.07) is 24.0. The van der Waals surface area contributed by atoms with E-state index in [9.17, 15) is 4.79 Å². The van der Waals surface area contributed by atoms with Crippen molar-refractivity contribution in [3.8, 4) is 11.4 Å². The number of benzene rings is 3. The summed E-state index contributed by atoms with van der Waals surface area (Å²) < 4.78 is 5.72. The van der Waals surface area contributed by atoms with E-state index in [4.69, 9.17) is 16.1 Å². The van der Waals surface area contributed by atoms with Crippen LogP contribution in [0.1, 0.15) is 30.0 Å². The zero-order valence-electron chi connectivity index (χ0n) is 18.1. The van der Waals surface area contributed by atoms with E-state index in [1.807, 2.05) is 86.6 Å². The number of hydrogen-bond donors (Lipinski definition) is 1. The summed E-state index contributed by atoms with van der Waals surface area (Å²) in [5.74, 6) is 0.822. The lowest BCUT2D eigenvalue weighted by Gasteiger charge is -2.35. The van der Waals surface area contributed by atoms with Crippen LogP contribution in [0.5, 0.6) is 0 Å². The van der Waals surface area contributed by atoms with E-state index in [-0.39, 0.29) is 6.03 Å². The molecule has 1 N–H and O–H groups in total. The van der Waals surface area contributed by atoms with Crippen LogP contribution in [0.25, 0.3) is 17.0 Å². The van der Waals surface area contributed by atoms with Gasteiger partial charge in [0, 0.05) is 16.3 Å². The molecule has 0 bridgehead atoms. The van der Waals surface area contributed by atoms with Crippen molar-refractivity contribution in [2.24, 2.45) is 0 Å². The molecule has 1 unspecified atom stereocenters. The lowest BCUT2D eigenvalue weighted by atomic mass is 9.94. The van der Waals surface area contributed by atoms with Crippen LogP contribution < -0.4 is 10.2 Å². The van der Waals surface area contributed by atoms with Crippen molar-refractivity contribution in [2.45, 2.75) is 19.9 Å². The molecule has 3 aromatic carbocycles. The number of halogens is 1. The number of nitrogens with one attached hydrogen (secondary N) is 1. The van der Waals surface area contributed by atoms with Crippen LogP contribution in [-0.2, 0) is 0 Å². The van der Waals surface area contributed by atoms with Gasteiger partial charge in [0.1, 0.15) is 0 Å². The minimum Gasteiger partial charge on any atom is -0.334 e. The molecule has 4 aromatic rings. The van der Waals surface area contributed by atoms with Crippen molar-refractivity contribution in [2.75, 3.05) is 4.90 Å². The first-order valence-electron chi connectivity index (χ1n) is 10.5. The summed E-state index contributed by atoms with van der Waals surface area (Å²) in [4.78, 5) is 19.5. The molecule has 0 spiro atoms. The number of aromatic nitrogens is 2. The third-order valence-electron chi connectivity index (χ3n) is 5.65. The lowest BCUT2D eigenvalue weighted by molar-refractivity contribution is 0.244. The molecule has 0 radical (unpaired) electrons. The van der Waals surface area contributed by atoms with Gasteiger partial charge in [-0.05, 0) is 43.7 Å². The van der Waals surface area contributed by atoms with Gasteiger partial charge in [-0.15, -0.1) is 0 Å². The van der Waals surface area contributed by atoms with Gasteiger partial charge in [-0.25, -0.2) is 4.79 Å². The van der Waals surface area contributed by atoms with Crippen LogP contribution >= 0.6 is 11.6 Å². The second kappa shape index (κ2) is 8.56. The number of rotatable bonds is 4. The molecular formula is C26H21ClN4O2. The number of allylic oxidation sites excluding steroid dienone is 1. The van der Waals surface area contributed by atoms with Gasteiger partial charge in [-0.3, -0.25) is 4.90 Å². The van der Waals surface area contributed by atoms with E-state index in [1.165, 1.54) is 0 Å². The Labute approximate surface area is 196 Å². The molecule has 0 aliphatic carbocycles. The molecule has 33 heavy (non-hydrogen) atoms. The Morgan fingerprint density at radius 2 is 1.73 bits per heavy atom. The smallest absolute Gasteiger partial charge is 0.326 e. The van der Waals surface area contributed by atoms with Crippen LogP contribution in [0, 0.1) is 6.92 Å². The molecule has 0 saturated heterocycles. The van der Waals surface area contributed by atoms with Crippen LogP contribution in [0.4, 0.5) is 10.5 Å². The molecule has 1 aliphatic heterocycles. The Kier molecular flexibility index (Phi) is 5.44. The molecule has 1 atom stereocenters. The van der Waals surface area contributed by atoms with Gasteiger partial charge in [0.05, 0.1) is 17.3 Å². The summed E-state index contributed by atoms with van der Waals surface area (Å²) in [6.45, 7) is 3.89. The summed E-state index contributed by atoms with van der Waals surface area (Å²) in [7, 11) is 0. The molecule has 1 aromatic heterocycles. The van der Waals surface area contributed by atoms with Gasteiger partial charge in [-0.1, -0.05) is 76.9 Å². The summed E-state index contributed by atoms with van der Waals surface area (Å²) in [5.41, 5.74) is 4.95. The molecular weight excluding hydrogens is 436 g/mol. The zero-order chi connectivity index (χ0) is 22.9. The third-order valence-corrected chi connectivity index (χ3v) is 5.88. The molecule has 0 fully saturated rings. The van der Waals surface area contributed by atoms with Crippen molar-refractivity contribution < 1.29 is 9.32 Å². The van der Waals surface area contributed by atoms with Gasteiger partial charge in [-0.2, -0.15) is 4.98 Å². The minimum absolute atomic E-state index is 0.243. The van der Waals surface area contributed by atoms with E-state index in [0.29, 0.717) is 28.0 Å². The van der Waals surface area contributed by atoms with Crippen LogP contribution in [0.2, 0.25) is 5.02 Å². The highest BCUT2D eigenvalue weighted by Crippen LogP contribution is 2.39. The van der Waals surface area contributed by atoms with Gasteiger partial charge in [0.15, 0.2) is 0 Å². The van der Waals surface area contributed by atoms with E-state index in [2.05, 4.69) is 15.5 Å². The van der Waals surface area contributed by atoms with Crippen LogP contribution in [0.3, 0.4) is 0 Å². The van der Waals surface area contributed by atoms with E-state index < -0.39 is 6.04 Å². The number of carbonyl (C=O) groups excluding carboxylic acids is 1.